The number of Topliss-reactive ketones (excluding diaryl/α,β-unsaturated/α-hetero) is 3. The molecule has 1 saturated carbocycles. The lowest BCUT2D eigenvalue weighted by atomic mass is 9.57. The topological polar surface area (TPSA) is 51.2 Å². The Hall–Kier alpha value is -1.49. The van der Waals surface area contributed by atoms with Gasteiger partial charge in [0.2, 0.25) is 0 Å². The monoisotopic (exact) mass is 422 g/mol. The Kier molecular flexibility index (Phi) is 4.91. The minimum atomic E-state index is -1.19. The molecule has 27 heavy (non-hydrogen) atoms. The van der Waals surface area contributed by atoms with Crippen molar-refractivity contribution < 1.29 is 14.4 Å². The molecule has 3 nitrogen and oxygen atoms in total. The van der Waals surface area contributed by atoms with Crippen LogP contribution in [0.3, 0.4) is 0 Å². The highest BCUT2D eigenvalue weighted by Crippen LogP contribution is 2.47. The number of rotatable bonds is 2. The average Bonchev–Trinajstić information content (AvgIpc) is 2.97. The van der Waals surface area contributed by atoms with Crippen molar-refractivity contribution in [1.29, 1.82) is 0 Å². The van der Waals surface area contributed by atoms with Crippen molar-refractivity contribution in [3.05, 3.63) is 44.8 Å². The molecule has 0 aliphatic heterocycles. The third-order valence-electron chi connectivity index (χ3n) is 5.36. The van der Waals surface area contributed by atoms with Gasteiger partial charge in [0.25, 0.3) is 0 Å². The quantitative estimate of drug-likeness (QED) is 0.566. The van der Waals surface area contributed by atoms with Gasteiger partial charge in [-0.3, -0.25) is 14.4 Å². The van der Waals surface area contributed by atoms with Crippen LogP contribution in [-0.2, 0) is 14.4 Å². The summed E-state index contributed by atoms with van der Waals surface area (Å²) in [4.78, 5) is 40.6. The molecule has 0 amide bonds. The van der Waals surface area contributed by atoms with Crippen molar-refractivity contribution in [2.24, 2.45) is 10.8 Å². The number of ketones is 3. The normalized spacial score (nSPS) is 19.6. The van der Waals surface area contributed by atoms with Crippen LogP contribution in [0.25, 0.3) is 10.4 Å². The van der Waals surface area contributed by atoms with Crippen LogP contribution in [0, 0.1) is 17.8 Å². The van der Waals surface area contributed by atoms with Gasteiger partial charge < -0.3 is 0 Å². The first-order chi connectivity index (χ1) is 12.4. The number of halogens is 2. The van der Waals surface area contributed by atoms with E-state index in [-0.39, 0.29) is 17.3 Å². The van der Waals surface area contributed by atoms with E-state index in [1.807, 2.05) is 19.1 Å². The minimum Gasteiger partial charge on any atom is -0.298 e. The van der Waals surface area contributed by atoms with E-state index >= 15 is 0 Å². The summed E-state index contributed by atoms with van der Waals surface area (Å²) in [6.45, 7) is 8.33. The number of aryl methyl sites for hydroxylation is 1. The summed E-state index contributed by atoms with van der Waals surface area (Å²) < 4.78 is 0. The summed E-state index contributed by atoms with van der Waals surface area (Å²) >= 11 is 13.6. The Morgan fingerprint density at radius 3 is 1.96 bits per heavy atom. The standard InChI is InChI=1S/C21H20Cl2O3S/c1-10-12(9-15(27-10)11-6-7-13(22)14(23)8-11)16-17(24)20(2,3)19(26)21(4,5)18(16)25/h6-9,16H,1-5H3. The van der Waals surface area contributed by atoms with E-state index in [4.69, 9.17) is 23.2 Å². The number of benzene rings is 1. The number of hydrogen-bond donors (Lipinski definition) is 0. The minimum absolute atomic E-state index is 0.321. The van der Waals surface area contributed by atoms with Crippen molar-refractivity contribution in [2.75, 3.05) is 0 Å². The third kappa shape index (κ3) is 3.08. The van der Waals surface area contributed by atoms with Crippen LogP contribution in [-0.4, -0.2) is 17.3 Å². The molecule has 1 aromatic heterocycles. The van der Waals surface area contributed by atoms with Crippen LogP contribution in [0.2, 0.25) is 10.0 Å². The van der Waals surface area contributed by atoms with Crippen molar-refractivity contribution in [3.8, 4) is 10.4 Å². The Morgan fingerprint density at radius 1 is 0.889 bits per heavy atom. The zero-order chi connectivity index (χ0) is 20.3. The molecule has 2 aromatic rings. The average molecular weight is 423 g/mol. The lowest BCUT2D eigenvalue weighted by Gasteiger charge is -2.40. The van der Waals surface area contributed by atoms with Gasteiger partial charge in [-0.05, 0) is 63.9 Å². The zero-order valence-corrected chi connectivity index (χ0v) is 18.1. The number of carbonyl (C=O) groups is 3. The Balaban J connectivity index is 2.12. The highest BCUT2D eigenvalue weighted by Gasteiger charge is 2.58. The second kappa shape index (κ2) is 6.54. The molecule has 3 rings (SSSR count). The SMILES string of the molecule is Cc1sc(-c2ccc(Cl)c(Cl)c2)cc1C1C(=O)C(C)(C)C(=O)C(C)(C)C1=O. The molecule has 0 spiro atoms. The van der Waals surface area contributed by atoms with E-state index in [1.54, 1.807) is 39.8 Å². The Bertz CT molecular complexity index is 955. The summed E-state index contributed by atoms with van der Waals surface area (Å²) in [5.41, 5.74) is -0.848. The van der Waals surface area contributed by atoms with Gasteiger partial charge in [0, 0.05) is 9.75 Å². The van der Waals surface area contributed by atoms with E-state index in [0.717, 1.165) is 15.3 Å². The molecule has 1 heterocycles. The van der Waals surface area contributed by atoms with Crippen LogP contribution >= 0.6 is 34.5 Å². The first kappa shape index (κ1) is 20.2. The van der Waals surface area contributed by atoms with Gasteiger partial charge in [0.1, 0.15) is 5.92 Å². The summed E-state index contributed by atoms with van der Waals surface area (Å²) in [6.07, 6.45) is 0. The molecule has 1 aliphatic rings. The summed E-state index contributed by atoms with van der Waals surface area (Å²) in [7, 11) is 0. The van der Waals surface area contributed by atoms with Crippen LogP contribution in [0.5, 0.6) is 0 Å². The van der Waals surface area contributed by atoms with Crippen LogP contribution < -0.4 is 0 Å². The number of carbonyl (C=O) groups excluding carboxylic acids is 3. The molecule has 0 atom stereocenters. The molecule has 6 heteroatoms. The predicted molar refractivity (Wildman–Crippen MR) is 110 cm³/mol. The Labute approximate surface area is 172 Å². The maximum Gasteiger partial charge on any atom is 0.160 e. The molecule has 0 saturated heterocycles. The second-order valence-corrected chi connectivity index (χ2v) is 10.1. The molecule has 0 unspecified atom stereocenters. The van der Waals surface area contributed by atoms with Gasteiger partial charge in [-0.1, -0.05) is 29.3 Å². The molecular weight excluding hydrogens is 403 g/mol. The first-order valence-corrected chi connectivity index (χ1v) is 10.2. The molecule has 0 bridgehead atoms. The van der Waals surface area contributed by atoms with Crippen molar-refractivity contribution in [3.63, 3.8) is 0 Å². The highest BCUT2D eigenvalue weighted by atomic mass is 35.5. The van der Waals surface area contributed by atoms with Crippen molar-refractivity contribution in [1.82, 2.24) is 0 Å². The molecule has 1 aliphatic carbocycles. The number of thiophene rings is 1. The summed E-state index contributed by atoms with van der Waals surface area (Å²) in [5, 5.41) is 0.910. The maximum atomic E-state index is 13.1. The fraction of sp³-hybridized carbons (Fsp3) is 0.381. The smallest absolute Gasteiger partial charge is 0.160 e. The van der Waals surface area contributed by atoms with E-state index in [9.17, 15) is 14.4 Å². The number of hydrogen-bond acceptors (Lipinski definition) is 4. The van der Waals surface area contributed by atoms with Crippen LogP contribution in [0.1, 0.15) is 44.1 Å². The maximum absolute atomic E-state index is 13.1. The van der Waals surface area contributed by atoms with E-state index in [2.05, 4.69) is 0 Å². The summed E-state index contributed by atoms with van der Waals surface area (Å²) in [5.74, 6) is -1.92. The zero-order valence-electron chi connectivity index (χ0n) is 15.8. The predicted octanol–water partition coefficient (Wildman–Crippen LogP) is 5.89. The van der Waals surface area contributed by atoms with Gasteiger partial charge in [0.05, 0.1) is 20.9 Å². The lowest BCUT2D eigenvalue weighted by molar-refractivity contribution is -0.157. The molecule has 1 fully saturated rings. The van der Waals surface area contributed by atoms with Gasteiger partial charge >= 0.3 is 0 Å². The van der Waals surface area contributed by atoms with E-state index < -0.39 is 16.7 Å². The molecule has 0 radical (unpaired) electrons. The van der Waals surface area contributed by atoms with E-state index in [1.165, 1.54) is 11.3 Å². The molecular formula is C21H20Cl2O3S. The third-order valence-corrected chi connectivity index (χ3v) is 7.22. The van der Waals surface area contributed by atoms with E-state index in [0.29, 0.717) is 15.6 Å². The van der Waals surface area contributed by atoms with Crippen molar-refractivity contribution >= 4 is 51.9 Å². The van der Waals surface area contributed by atoms with Gasteiger partial charge in [-0.25, -0.2) is 0 Å². The first-order valence-electron chi connectivity index (χ1n) is 8.58. The molecule has 142 valence electrons. The lowest BCUT2D eigenvalue weighted by Crippen LogP contribution is -2.56. The molecule has 1 aromatic carbocycles. The van der Waals surface area contributed by atoms with Gasteiger partial charge in [0.15, 0.2) is 17.3 Å². The summed E-state index contributed by atoms with van der Waals surface area (Å²) in [6, 6.07) is 7.20. The fourth-order valence-electron chi connectivity index (χ4n) is 3.70. The van der Waals surface area contributed by atoms with Gasteiger partial charge in [-0.2, -0.15) is 0 Å². The molecule has 0 N–H and O–H groups in total. The second-order valence-electron chi connectivity index (χ2n) is 7.99. The fourth-order valence-corrected chi connectivity index (χ4v) is 5.06. The van der Waals surface area contributed by atoms with Crippen LogP contribution in [0.15, 0.2) is 24.3 Å². The van der Waals surface area contributed by atoms with Gasteiger partial charge in [-0.15, -0.1) is 11.3 Å². The van der Waals surface area contributed by atoms with Crippen molar-refractivity contribution in [2.45, 2.75) is 40.5 Å². The Morgan fingerprint density at radius 2 is 1.44 bits per heavy atom. The van der Waals surface area contributed by atoms with Crippen LogP contribution in [0.4, 0.5) is 0 Å². The largest absolute Gasteiger partial charge is 0.298 e. The highest BCUT2D eigenvalue weighted by molar-refractivity contribution is 7.15.